The highest BCUT2D eigenvalue weighted by molar-refractivity contribution is 9.10. The average Bonchev–Trinajstić information content (AvgIpc) is 3.36. The van der Waals surface area contributed by atoms with Gasteiger partial charge < -0.3 is 14.2 Å². The molecule has 1 aliphatic rings. The van der Waals surface area contributed by atoms with Crippen molar-refractivity contribution in [3.63, 3.8) is 0 Å². The number of benzene rings is 4. The molecule has 46 heavy (non-hydrogen) atoms. The lowest BCUT2D eigenvalue weighted by atomic mass is 9.93. The van der Waals surface area contributed by atoms with Crippen molar-refractivity contribution in [2.24, 2.45) is 4.99 Å². The van der Waals surface area contributed by atoms with Crippen LogP contribution in [0.3, 0.4) is 0 Å². The number of nitrogens with zero attached hydrogens (tertiary/aromatic N) is 2. The molecule has 0 saturated heterocycles. The van der Waals surface area contributed by atoms with Gasteiger partial charge in [0.05, 0.1) is 40.5 Å². The van der Waals surface area contributed by atoms with Crippen LogP contribution in [0.15, 0.2) is 104 Å². The van der Waals surface area contributed by atoms with Crippen LogP contribution in [0.25, 0.3) is 16.8 Å². The zero-order valence-corrected chi connectivity index (χ0v) is 28.6. The zero-order valence-electron chi connectivity index (χ0n) is 26.2. The van der Waals surface area contributed by atoms with E-state index in [0.29, 0.717) is 49.1 Å². The third-order valence-corrected chi connectivity index (χ3v) is 9.72. The topological polar surface area (TPSA) is 79.1 Å². The average molecular weight is 698 g/mol. The minimum absolute atomic E-state index is 0.248. The van der Waals surface area contributed by atoms with E-state index < -0.39 is 12.0 Å². The van der Waals surface area contributed by atoms with Crippen LogP contribution in [0.1, 0.15) is 55.0 Å². The fraction of sp³-hybridized carbons (Fsp3) is 0.216. The molecular formula is C37H33BrN2O5S. The number of hydrogen-bond donors (Lipinski definition) is 0. The van der Waals surface area contributed by atoms with Gasteiger partial charge >= 0.3 is 5.97 Å². The lowest BCUT2D eigenvalue weighted by molar-refractivity contribution is -0.136. The van der Waals surface area contributed by atoms with Crippen molar-refractivity contribution in [1.82, 2.24) is 4.57 Å². The second kappa shape index (κ2) is 13.1. The standard InChI is InChI=1S/C37H33BrN2O5S/c1-21(2)24-13-15-26(16-14-24)33-32(36(42)44-5)22(3)39-37-40(33)35(41)31(46-37)19-23-17-29(38)34(30(18-23)43-4)45-20-27-11-8-10-25-9-6-7-12-28(25)27/h6-19,21,33H,20H2,1-5H3/b31-19-/t33-/m1/s1. The minimum atomic E-state index is -0.668. The normalized spacial score (nSPS) is 14.8. The van der Waals surface area contributed by atoms with Gasteiger partial charge in [-0.25, -0.2) is 9.79 Å². The van der Waals surface area contributed by atoms with Crippen LogP contribution in [-0.2, 0) is 16.1 Å². The van der Waals surface area contributed by atoms with Crippen LogP contribution in [0.2, 0.25) is 0 Å². The number of halogens is 1. The van der Waals surface area contributed by atoms with Crippen LogP contribution >= 0.6 is 27.3 Å². The van der Waals surface area contributed by atoms with E-state index in [1.165, 1.54) is 24.0 Å². The first-order valence-electron chi connectivity index (χ1n) is 14.9. The first kappa shape index (κ1) is 31.5. The first-order chi connectivity index (χ1) is 22.2. The van der Waals surface area contributed by atoms with Gasteiger partial charge in [0.1, 0.15) is 6.61 Å². The Morgan fingerprint density at radius 1 is 1.04 bits per heavy atom. The molecule has 2 heterocycles. The Hall–Kier alpha value is -4.47. The number of thiazole rings is 1. The number of rotatable bonds is 8. The molecule has 0 N–H and O–H groups in total. The van der Waals surface area contributed by atoms with Gasteiger partial charge in [-0.3, -0.25) is 9.36 Å². The van der Waals surface area contributed by atoms with E-state index >= 15 is 0 Å². The van der Waals surface area contributed by atoms with E-state index in [-0.39, 0.29) is 5.56 Å². The van der Waals surface area contributed by atoms with E-state index in [1.54, 1.807) is 18.6 Å². The number of allylic oxidation sites excluding steroid dienone is 1. The van der Waals surface area contributed by atoms with Crippen molar-refractivity contribution in [3.05, 3.63) is 137 Å². The van der Waals surface area contributed by atoms with Gasteiger partial charge in [0, 0.05) is 0 Å². The summed E-state index contributed by atoms with van der Waals surface area (Å²) in [6.45, 7) is 6.38. The van der Waals surface area contributed by atoms with Crippen molar-refractivity contribution in [2.75, 3.05) is 14.2 Å². The summed E-state index contributed by atoms with van der Waals surface area (Å²) in [6, 6.07) is 25.4. The molecule has 0 bridgehead atoms. The van der Waals surface area contributed by atoms with Crippen molar-refractivity contribution < 1.29 is 19.0 Å². The third kappa shape index (κ3) is 5.92. The molecule has 4 aromatic carbocycles. The van der Waals surface area contributed by atoms with Crippen LogP contribution < -0.4 is 24.4 Å². The Balaban J connectivity index is 1.39. The summed E-state index contributed by atoms with van der Waals surface area (Å²) in [5.41, 5.74) is 4.40. The van der Waals surface area contributed by atoms with Gasteiger partial charge in [-0.1, -0.05) is 91.9 Å². The Labute approximate surface area is 279 Å². The van der Waals surface area contributed by atoms with E-state index in [2.05, 4.69) is 59.0 Å². The second-order valence-electron chi connectivity index (χ2n) is 11.4. The largest absolute Gasteiger partial charge is 0.493 e. The number of ether oxygens (including phenoxy) is 3. The number of aromatic nitrogens is 1. The molecule has 0 aliphatic carbocycles. The molecule has 1 aromatic heterocycles. The molecule has 5 aromatic rings. The Morgan fingerprint density at radius 2 is 1.78 bits per heavy atom. The van der Waals surface area contributed by atoms with Crippen LogP contribution in [0.4, 0.5) is 0 Å². The minimum Gasteiger partial charge on any atom is -0.493 e. The predicted octanol–water partition coefficient (Wildman–Crippen LogP) is 7.03. The maximum atomic E-state index is 14.1. The summed E-state index contributed by atoms with van der Waals surface area (Å²) < 4.78 is 19.9. The highest BCUT2D eigenvalue weighted by atomic mass is 79.9. The van der Waals surface area contributed by atoms with Gasteiger partial charge in [-0.15, -0.1) is 0 Å². The third-order valence-electron chi connectivity index (χ3n) is 8.15. The molecule has 1 aliphatic heterocycles. The number of esters is 1. The highest BCUT2D eigenvalue weighted by Crippen LogP contribution is 2.38. The Kier molecular flexibility index (Phi) is 8.97. The monoisotopic (exact) mass is 696 g/mol. The molecule has 0 radical (unpaired) electrons. The highest BCUT2D eigenvalue weighted by Gasteiger charge is 2.33. The number of methoxy groups -OCH3 is 2. The Bertz CT molecular complexity index is 2180. The summed E-state index contributed by atoms with van der Waals surface area (Å²) in [5.74, 6) is 0.929. The molecule has 234 valence electrons. The maximum absolute atomic E-state index is 14.1. The number of carbonyl (C=O) groups excluding carboxylic acids is 1. The number of carbonyl (C=O) groups is 1. The van der Waals surface area contributed by atoms with Gasteiger partial charge in [-0.2, -0.15) is 0 Å². The fourth-order valence-corrected chi connectivity index (χ4v) is 7.37. The summed E-state index contributed by atoms with van der Waals surface area (Å²) in [5, 5.41) is 2.28. The van der Waals surface area contributed by atoms with Gasteiger partial charge in [-0.05, 0) is 80.0 Å². The van der Waals surface area contributed by atoms with Gasteiger partial charge in [0.15, 0.2) is 16.3 Å². The molecular weight excluding hydrogens is 664 g/mol. The SMILES string of the molecule is COC(=O)C1=C(C)N=c2s/c(=C\c3cc(Br)c(OCc4cccc5ccccc45)c(OC)c3)c(=O)n2[C@@H]1c1ccc(C(C)C)cc1. The van der Waals surface area contributed by atoms with Crippen molar-refractivity contribution in [1.29, 1.82) is 0 Å². The summed E-state index contributed by atoms with van der Waals surface area (Å²) in [4.78, 5) is 32.2. The quantitative estimate of drug-likeness (QED) is 0.163. The second-order valence-corrected chi connectivity index (χ2v) is 13.2. The number of fused-ring (bicyclic) bond motifs is 2. The molecule has 6 rings (SSSR count). The fourth-order valence-electron chi connectivity index (χ4n) is 5.75. The van der Waals surface area contributed by atoms with Crippen LogP contribution in [-0.4, -0.2) is 24.8 Å². The molecule has 7 nitrogen and oxygen atoms in total. The summed E-state index contributed by atoms with van der Waals surface area (Å²) in [7, 11) is 2.93. The summed E-state index contributed by atoms with van der Waals surface area (Å²) >= 11 is 4.94. The predicted molar refractivity (Wildman–Crippen MR) is 185 cm³/mol. The van der Waals surface area contributed by atoms with Gasteiger partial charge in [0.25, 0.3) is 5.56 Å². The molecule has 0 spiro atoms. The maximum Gasteiger partial charge on any atom is 0.338 e. The first-order valence-corrected chi connectivity index (χ1v) is 16.5. The lowest BCUT2D eigenvalue weighted by Gasteiger charge is -2.24. The smallest absolute Gasteiger partial charge is 0.338 e. The molecule has 9 heteroatoms. The van der Waals surface area contributed by atoms with E-state index in [4.69, 9.17) is 14.2 Å². The van der Waals surface area contributed by atoms with E-state index in [1.807, 2.05) is 60.7 Å². The van der Waals surface area contributed by atoms with Crippen LogP contribution in [0, 0.1) is 0 Å². The molecule has 0 fully saturated rings. The summed E-state index contributed by atoms with van der Waals surface area (Å²) in [6.07, 6.45) is 1.81. The molecule has 1 atom stereocenters. The Morgan fingerprint density at radius 3 is 2.50 bits per heavy atom. The van der Waals surface area contributed by atoms with E-state index in [0.717, 1.165) is 27.5 Å². The van der Waals surface area contributed by atoms with Crippen molar-refractivity contribution in [3.8, 4) is 11.5 Å². The van der Waals surface area contributed by atoms with Crippen molar-refractivity contribution >= 4 is 50.1 Å². The number of hydrogen-bond acceptors (Lipinski definition) is 7. The zero-order chi connectivity index (χ0) is 32.5. The van der Waals surface area contributed by atoms with Crippen LogP contribution in [0.5, 0.6) is 11.5 Å². The molecule has 0 amide bonds. The molecule has 0 saturated carbocycles. The lowest BCUT2D eigenvalue weighted by Crippen LogP contribution is -2.39. The van der Waals surface area contributed by atoms with Gasteiger partial charge in [0.2, 0.25) is 0 Å². The van der Waals surface area contributed by atoms with Crippen molar-refractivity contribution in [2.45, 2.75) is 39.3 Å². The molecule has 0 unspecified atom stereocenters. The van der Waals surface area contributed by atoms with E-state index in [9.17, 15) is 9.59 Å².